The zero-order valence-corrected chi connectivity index (χ0v) is 16.2. The van der Waals surface area contributed by atoms with Gasteiger partial charge in [0.05, 0.1) is 40.8 Å². The molecule has 0 bridgehead atoms. The average Bonchev–Trinajstić information content (AvgIpc) is 3.06. The SMILES string of the molecule is CS(=O)NCc1nc2cnc3ccccc3c2n1C1CCC(CC#N)CC1. The highest BCUT2D eigenvalue weighted by Crippen LogP contribution is 2.37. The second-order valence-corrected chi connectivity index (χ2v) is 8.42. The number of rotatable bonds is 5. The number of nitriles is 1. The molecule has 0 aliphatic heterocycles. The Kier molecular flexibility index (Phi) is 5.19. The topological polar surface area (TPSA) is 83.6 Å². The Bertz CT molecular complexity index is 1030. The number of para-hydroxylation sites is 1. The fourth-order valence-electron chi connectivity index (χ4n) is 4.19. The summed E-state index contributed by atoms with van der Waals surface area (Å²) in [5.41, 5.74) is 2.96. The Morgan fingerprint density at radius 2 is 2.04 bits per heavy atom. The van der Waals surface area contributed by atoms with Crippen LogP contribution in [0.4, 0.5) is 0 Å². The summed E-state index contributed by atoms with van der Waals surface area (Å²) in [4.78, 5) is 9.36. The number of fused-ring (bicyclic) bond motifs is 3. The minimum atomic E-state index is -1.09. The first-order chi connectivity index (χ1) is 13.2. The molecule has 0 radical (unpaired) electrons. The number of pyridine rings is 1. The van der Waals surface area contributed by atoms with Crippen molar-refractivity contribution in [3.8, 4) is 6.07 Å². The van der Waals surface area contributed by atoms with E-state index in [0.717, 1.165) is 53.4 Å². The Balaban J connectivity index is 1.80. The van der Waals surface area contributed by atoms with Crippen LogP contribution in [-0.2, 0) is 17.5 Å². The molecule has 0 amide bonds. The van der Waals surface area contributed by atoms with E-state index in [2.05, 4.69) is 26.4 Å². The highest BCUT2D eigenvalue weighted by Gasteiger charge is 2.26. The van der Waals surface area contributed by atoms with Gasteiger partial charge >= 0.3 is 0 Å². The summed E-state index contributed by atoms with van der Waals surface area (Å²) in [6, 6.07) is 10.8. The molecule has 27 heavy (non-hydrogen) atoms. The Hall–Kier alpha value is -2.30. The highest BCUT2D eigenvalue weighted by atomic mass is 32.2. The van der Waals surface area contributed by atoms with Crippen LogP contribution in [0.15, 0.2) is 30.5 Å². The maximum absolute atomic E-state index is 11.6. The largest absolute Gasteiger partial charge is 0.323 e. The number of hydrogen-bond acceptors (Lipinski definition) is 4. The van der Waals surface area contributed by atoms with E-state index >= 15 is 0 Å². The van der Waals surface area contributed by atoms with Crippen LogP contribution < -0.4 is 4.72 Å². The van der Waals surface area contributed by atoms with E-state index in [1.165, 1.54) is 0 Å². The lowest BCUT2D eigenvalue weighted by molar-refractivity contribution is 0.277. The van der Waals surface area contributed by atoms with E-state index in [1.807, 2.05) is 24.4 Å². The van der Waals surface area contributed by atoms with Gasteiger partial charge < -0.3 is 4.57 Å². The number of aromatic nitrogens is 3. The van der Waals surface area contributed by atoms with Crippen LogP contribution in [0, 0.1) is 17.2 Å². The lowest BCUT2D eigenvalue weighted by Crippen LogP contribution is -2.23. The molecule has 3 aromatic rings. The molecule has 4 rings (SSSR count). The molecule has 1 aromatic carbocycles. The molecule has 0 saturated heterocycles. The van der Waals surface area contributed by atoms with Crippen LogP contribution in [0.25, 0.3) is 21.9 Å². The monoisotopic (exact) mass is 381 g/mol. The summed E-state index contributed by atoms with van der Waals surface area (Å²) in [7, 11) is -1.09. The van der Waals surface area contributed by atoms with Crippen molar-refractivity contribution in [2.75, 3.05) is 6.26 Å². The maximum Gasteiger partial charge on any atom is 0.125 e. The van der Waals surface area contributed by atoms with Crippen molar-refractivity contribution in [1.82, 2.24) is 19.3 Å². The van der Waals surface area contributed by atoms with E-state index in [-0.39, 0.29) is 0 Å². The van der Waals surface area contributed by atoms with E-state index in [4.69, 9.17) is 10.2 Å². The van der Waals surface area contributed by atoms with Gasteiger partial charge in [-0.2, -0.15) is 5.26 Å². The van der Waals surface area contributed by atoms with Gasteiger partial charge in [-0.3, -0.25) is 4.98 Å². The number of benzene rings is 1. The molecule has 2 aromatic heterocycles. The van der Waals surface area contributed by atoms with Crippen LogP contribution in [0.5, 0.6) is 0 Å². The molecule has 1 aliphatic rings. The molecule has 6 nitrogen and oxygen atoms in total. The predicted molar refractivity (Wildman–Crippen MR) is 107 cm³/mol. The summed E-state index contributed by atoms with van der Waals surface area (Å²) >= 11 is 0. The molecule has 1 aliphatic carbocycles. The van der Waals surface area contributed by atoms with E-state index in [9.17, 15) is 4.21 Å². The minimum absolute atomic E-state index is 0.345. The van der Waals surface area contributed by atoms with Gasteiger partial charge in [-0.05, 0) is 37.7 Å². The van der Waals surface area contributed by atoms with Crippen molar-refractivity contribution in [2.24, 2.45) is 5.92 Å². The molecule has 1 atom stereocenters. The van der Waals surface area contributed by atoms with Crippen LogP contribution >= 0.6 is 0 Å². The predicted octanol–water partition coefficient (Wildman–Crippen LogP) is 3.61. The van der Waals surface area contributed by atoms with Gasteiger partial charge in [0.2, 0.25) is 0 Å². The Morgan fingerprint density at radius 3 is 2.78 bits per heavy atom. The molecule has 2 heterocycles. The first kappa shape index (κ1) is 18.1. The third-order valence-corrected chi connectivity index (χ3v) is 6.04. The summed E-state index contributed by atoms with van der Waals surface area (Å²) < 4.78 is 16.9. The first-order valence-electron chi connectivity index (χ1n) is 9.36. The van der Waals surface area contributed by atoms with Gasteiger partial charge in [0.1, 0.15) is 11.3 Å². The van der Waals surface area contributed by atoms with Crippen LogP contribution in [0.3, 0.4) is 0 Å². The maximum atomic E-state index is 11.6. The fraction of sp³-hybridized carbons (Fsp3) is 0.450. The normalized spacial score (nSPS) is 21.3. The molecule has 1 N–H and O–H groups in total. The molecule has 1 unspecified atom stereocenters. The van der Waals surface area contributed by atoms with Gasteiger partial charge in [0.15, 0.2) is 0 Å². The summed E-state index contributed by atoms with van der Waals surface area (Å²) in [5.74, 6) is 1.41. The molecular formula is C20H23N5OS. The van der Waals surface area contributed by atoms with E-state index in [0.29, 0.717) is 24.9 Å². The van der Waals surface area contributed by atoms with Crippen LogP contribution in [0.2, 0.25) is 0 Å². The lowest BCUT2D eigenvalue weighted by atomic mass is 9.84. The Morgan fingerprint density at radius 1 is 1.26 bits per heavy atom. The summed E-state index contributed by atoms with van der Waals surface area (Å²) in [6.07, 6.45) is 8.32. The molecular weight excluding hydrogens is 358 g/mol. The van der Waals surface area contributed by atoms with Crippen LogP contribution in [-0.4, -0.2) is 25.0 Å². The lowest BCUT2D eigenvalue weighted by Gasteiger charge is -2.30. The Labute approximate surface area is 161 Å². The quantitative estimate of drug-likeness (QED) is 0.732. The smallest absolute Gasteiger partial charge is 0.125 e. The third kappa shape index (κ3) is 3.60. The van der Waals surface area contributed by atoms with Crippen molar-refractivity contribution in [2.45, 2.75) is 44.7 Å². The van der Waals surface area contributed by atoms with Gasteiger partial charge in [0.25, 0.3) is 0 Å². The zero-order chi connectivity index (χ0) is 18.8. The molecule has 1 fully saturated rings. The van der Waals surface area contributed by atoms with Crippen molar-refractivity contribution < 1.29 is 4.21 Å². The van der Waals surface area contributed by atoms with Crippen molar-refractivity contribution in [3.05, 3.63) is 36.3 Å². The minimum Gasteiger partial charge on any atom is -0.323 e. The van der Waals surface area contributed by atoms with Gasteiger partial charge in [-0.15, -0.1) is 0 Å². The van der Waals surface area contributed by atoms with Crippen LogP contribution in [0.1, 0.15) is 44.0 Å². The summed E-state index contributed by atoms with van der Waals surface area (Å²) in [6.45, 7) is 0.463. The van der Waals surface area contributed by atoms with Gasteiger partial charge in [0, 0.05) is 24.1 Å². The number of imidazole rings is 1. The number of nitrogens with zero attached hydrogens (tertiary/aromatic N) is 4. The summed E-state index contributed by atoms with van der Waals surface area (Å²) in [5, 5.41) is 10.1. The average molecular weight is 382 g/mol. The number of nitrogens with one attached hydrogen (secondary N) is 1. The molecule has 140 valence electrons. The highest BCUT2D eigenvalue weighted by molar-refractivity contribution is 7.82. The molecule has 0 spiro atoms. The van der Waals surface area contributed by atoms with Crippen molar-refractivity contribution in [1.29, 1.82) is 5.26 Å². The van der Waals surface area contributed by atoms with Gasteiger partial charge in [-0.25, -0.2) is 13.9 Å². The third-order valence-electron chi connectivity index (χ3n) is 5.49. The second-order valence-electron chi connectivity index (χ2n) is 7.22. The standard InChI is InChI=1S/C20H23N5OS/c1-27(26)23-13-19-24-18-12-22-17-5-3-2-4-16(17)20(18)25(19)15-8-6-14(7-9-15)10-11-21/h2-5,12,14-15,23H,6-10,13H2,1H3. The zero-order valence-electron chi connectivity index (χ0n) is 15.4. The van der Waals surface area contributed by atoms with Crippen molar-refractivity contribution >= 4 is 32.9 Å². The second kappa shape index (κ2) is 7.75. The van der Waals surface area contributed by atoms with E-state index in [1.54, 1.807) is 6.26 Å². The van der Waals surface area contributed by atoms with E-state index < -0.39 is 11.0 Å². The number of hydrogen-bond donors (Lipinski definition) is 1. The fourth-order valence-corrected chi connectivity index (χ4v) is 4.53. The van der Waals surface area contributed by atoms with Gasteiger partial charge in [-0.1, -0.05) is 18.2 Å². The molecule has 1 saturated carbocycles. The first-order valence-corrected chi connectivity index (χ1v) is 10.9. The van der Waals surface area contributed by atoms with Crippen molar-refractivity contribution in [3.63, 3.8) is 0 Å². The molecule has 7 heteroatoms.